The van der Waals surface area contributed by atoms with Crippen molar-refractivity contribution in [3.05, 3.63) is 30.2 Å². The number of anilines is 1. The van der Waals surface area contributed by atoms with Crippen molar-refractivity contribution in [2.75, 3.05) is 5.32 Å². The van der Waals surface area contributed by atoms with Crippen LogP contribution in [0, 0.1) is 0 Å². The first kappa shape index (κ1) is 11.1. The van der Waals surface area contributed by atoms with E-state index in [4.69, 9.17) is 8.94 Å². The Kier molecular flexibility index (Phi) is 2.56. The topological polar surface area (TPSA) is 112 Å². The number of hydrogen-bond donors (Lipinski definition) is 1. The van der Waals surface area contributed by atoms with Gasteiger partial charge in [-0.25, -0.2) is 0 Å². The number of nitrogens with one attached hydrogen (secondary N) is 1. The Hall–Kier alpha value is -2.97. The number of amides is 1. The van der Waals surface area contributed by atoms with Gasteiger partial charge in [0.1, 0.15) is 0 Å². The van der Waals surface area contributed by atoms with Crippen LogP contribution < -0.4 is 5.32 Å². The molecule has 0 spiro atoms. The molecule has 0 bridgehead atoms. The molecule has 3 rings (SSSR count). The van der Waals surface area contributed by atoms with Crippen molar-refractivity contribution in [2.24, 2.45) is 7.05 Å². The minimum atomic E-state index is -0.437. The van der Waals surface area contributed by atoms with Crippen molar-refractivity contribution in [3.8, 4) is 11.7 Å². The maximum Gasteiger partial charge on any atom is 0.322 e. The van der Waals surface area contributed by atoms with Crippen LogP contribution in [0.3, 0.4) is 0 Å². The quantitative estimate of drug-likeness (QED) is 0.737. The monoisotopic (exact) mass is 260 g/mol. The highest BCUT2D eigenvalue weighted by Crippen LogP contribution is 2.18. The molecule has 3 heterocycles. The summed E-state index contributed by atoms with van der Waals surface area (Å²) in [5.74, 6) is 0.0213. The van der Waals surface area contributed by atoms with Crippen LogP contribution in [-0.2, 0) is 7.05 Å². The Morgan fingerprint density at radius 2 is 2.26 bits per heavy atom. The number of aryl methyl sites for hydroxylation is 1. The Bertz CT molecular complexity index is 699. The lowest BCUT2D eigenvalue weighted by molar-refractivity contribution is 0.101. The lowest BCUT2D eigenvalue weighted by atomic mass is 10.4. The highest BCUT2D eigenvalue weighted by Gasteiger charge is 2.15. The molecule has 3 aromatic rings. The number of hydrogen-bond acceptors (Lipinski definition) is 7. The molecule has 1 N–H and O–H groups in total. The van der Waals surface area contributed by atoms with Gasteiger partial charge >= 0.3 is 6.01 Å². The summed E-state index contributed by atoms with van der Waals surface area (Å²) >= 11 is 0. The first-order valence-corrected chi connectivity index (χ1v) is 5.28. The Labute approximate surface area is 106 Å². The van der Waals surface area contributed by atoms with Crippen molar-refractivity contribution in [2.45, 2.75) is 0 Å². The smallest absolute Gasteiger partial charge is 0.322 e. The van der Waals surface area contributed by atoms with Crippen molar-refractivity contribution < 1.29 is 13.7 Å². The Balaban J connectivity index is 1.76. The van der Waals surface area contributed by atoms with Crippen LogP contribution in [0.2, 0.25) is 0 Å². The van der Waals surface area contributed by atoms with Gasteiger partial charge in [0.2, 0.25) is 5.76 Å². The Morgan fingerprint density at radius 1 is 1.37 bits per heavy atom. The van der Waals surface area contributed by atoms with Crippen molar-refractivity contribution in [1.29, 1.82) is 0 Å². The third kappa shape index (κ3) is 2.20. The first-order valence-electron chi connectivity index (χ1n) is 5.28. The fraction of sp³-hybridized carbons (Fsp3) is 0.100. The van der Waals surface area contributed by atoms with Gasteiger partial charge in [-0.05, 0) is 6.07 Å². The normalized spacial score (nSPS) is 10.6. The number of carbonyl (C=O) groups is 1. The molecule has 0 saturated carbocycles. The molecule has 3 aromatic heterocycles. The minimum absolute atomic E-state index is 0.0398. The molecule has 0 radical (unpaired) electrons. The molecule has 9 nitrogen and oxygen atoms in total. The number of rotatable bonds is 3. The largest absolute Gasteiger partial charge is 0.400 e. The fourth-order valence-corrected chi connectivity index (χ4v) is 1.40. The summed E-state index contributed by atoms with van der Waals surface area (Å²) in [4.78, 5) is 11.8. The van der Waals surface area contributed by atoms with E-state index < -0.39 is 5.91 Å². The first-order chi connectivity index (χ1) is 9.22. The molecule has 0 aliphatic carbocycles. The predicted molar refractivity (Wildman–Crippen MR) is 61.0 cm³/mol. The standard InChI is InChI=1S/C10H8N6O3/c1-16-5-3-6(15-16)8(17)12-10-14-13-9(18-10)7-2-4-11-19-7/h2-5H,1H3,(H,12,14,17). The van der Waals surface area contributed by atoms with Gasteiger partial charge in [-0.15, -0.1) is 5.10 Å². The highest BCUT2D eigenvalue weighted by molar-refractivity contribution is 6.01. The predicted octanol–water partition coefficient (Wildman–Crippen LogP) is 0.710. The maximum atomic E-state index is 11.8. The van der Waals surface area contributed by atoms with Gasteiger partial charge in [-0.1, -0.05) is 10.3 Å². The van der Waals surface area contributed by atoms with Crippen LogP contribution in [0.1, 0.15) is 10.5 Å². The lowest BCUT2D eigenvalue weighted by Crippen LogP contribution is -2.13. The molecule has 19 heavy (non-hydrogen) atoms. The average molecular weight is 260 g/mol. The molecule has 96 valence electrons. The lowest BCUT2D eigenvalue weighted by Gasteiger charge is -1.95. The van der Waals surface area contributed by atoms with Gasteiger partial charge in [-0.2, -0.15) is 5.10 Å². The van der Waals surface area contributed by atoms with Crippen molar-refractivity contribution >= 4 is 11.9 Å². The van der Waals surface area contributed by atoms with E-state index in [1.54, 1.807) is 25.4 Å². The summed E-state index contributed by atoms with van der Waals surface area (Å²) in [6.45, 7) is 0. The molecule has 0 aliphatic rings. The summed E-state index contributed by atoms with van der Waals surface area (Å²) in [6, 6.07) is 3.10. The zero-order valence-corrected chi connectivity index (χ0v) is 9.77. The SMILES string of the molecule is Cn1ccc(C(=O)Nc2nnc(-c3ccno3)o2)n1. The second-order valence-electron chi connectivity index (χ2n) is 3.62. The maximum absolute atomic E-state index is 11.8. The van der Waals surface area contributed by atoms with E-state index in [2.05, 4.69) is 25.8 Å². The summed E-state index contributed by atoms with van der Waals surface area (Å²) in [5, 5.41) is 17.3. The molecule has 0 aliphatic heterocycles. The molecular weight excluding hydrogens is 252 g/mol. The van der Waals surface area contributed by atoms with E-state index in [1.807, 2.05) is 0 Å². The third-order valence-corrected chi connectivity index (χ3v) is 2.24. The van der Waals surface area contributed by atoms with E-state index in [9.17, 15) is 4.79 Å². The van der Waals surface area contributed by atoms with Crippen LogP contribution >= 0.6 is 0 Å². The minimum Gasteiger partial charge on any atom is -0.400 e. The summed E-state index contributed by atoms with van der Waals surface area (Å²) < 4.78 is 11.6. The number of aromatic nitrogens is 5. The van der Waals surface area contributed by atoms with E-state index in [1.165, 1.54) is 10.9 Å². The molecule has 9 heteroatoms. The zero-order chi connectivity index (χ0) is 13.2. The second kappa shape index (κ2) is 4.37. The van der Waals surface area contributed by atoms with Crippen LogP contribution in [-0.4, -0.2) is 31.0 Å². The molecular formula is C10H8N6O3. The van der Waals surface area contributed by atoms with E-state index >= 15 is 0 Å². The van der Waals surface area contributed by atoms with E-state index in [0.29, 0.717) is 5.76 Å². The van der Waals surface area contributed by atoms with Crippen LogP contribution in [0.15, 0.2) is 33.5 Å². The number of carbonyl (C=O) groups excluding carboxylic acids is 1. The zero-order valence-electron chi connectivity index (χ0n) is 9.77. The third-order valence-electron chi connectivity index (χ3n) is 2.24. The van der Waals surface area contributed by atoms with Gasteiger partial charge < -0.3 is 8.94 Å². The van der Waals surface area contributed by atoms with Crippen LogP contribution in [0.5, 0.6) is 0 Å². The Morgan fingerprint density at radius 3 is 2.95 bits per heavy atom. The molecule has 0 aromatic carbocycles. The van der Waals surface area contributed by atoms with Gasteiger partial charge in [0, 0.05) is 19.3 Å². The summed E-state index contributed by atoms with van der Waals surface area (Å²) in [6.07, 6.45) is 3.11. The summed E-state index contributed by atoms with van der Waals surface area (Å²) in [5.41, 5.74) is 0.252. The molecule has 0 saturated heterocycles. The molecule has 0 atom stereocenters. The average Bonchev–Trinajstić information content (AvgIpc) is 3.07. The van der Waals surface area contributed by atoms with E-state index in [-0.39, 0.29) is 17.6 Å². The van der Waals surface area contributed by atoms with Gasteiger partial charge in [-0.3, -0.25) is 14.8 Å². The fourth-order valence-electron chi connectivity index (χ4n) is 1.40. The van der Waals surface area contributed by atoms with Gasteiger partial charge in [0.25, 0.3) is 11.8 Å². The molecule has 1 amide bonds. The summed E-state index contributed by atoms with van der Waals surface area (Å²) in [7, 11) is 1.71. The van der Waals surface area contributed by atoms with Crippen LogP contribution in [0.25, 0.3) is 11.7 Å². The van der Waals surface area contributed by atoms with Crippen molar-refractivity contribution in [1.82, 2.24) is 25.1 Å². The van der Waals surface area contributed by atoms with Crippen molar-refractivity contribution in [3.63, 3.8) is 0 Å². The number of nitrogens with zero attached hydrogens (tertiary/aromatic N) is 5. The van der Waals surface area contributed by atoms with Crippen LogP contribution in [0.4, 0.5) is 6.01 Å². The molecule has 0 unspecified atom stereocenters. The highest BCUT2D eigenvalue weighted by atomic mass is 16.5. The van der Waals surface area contributed by atoms with E-state index in [0.717, 1.165) is 0 Å². The van der Waals surface area contributed by atoms with Gasteiger partial charge in [0.15, 0.2) is 5.69 Å². The van der Waals surface area contributed by atoms with Gasteiger partial charge in [0.05, 0.1) is 6.20 Å². The molecule has 0 fully saturated rings. The second-order valence-corrected chi connectivity index (χ2v) is 3.62.